The number of urea groups is 1. The molecule has 1 aromatic carbocycles. The molecule has 4 fully saturated rings. The number of benzene rings is 1. The fourth-order valence-corrected chi connectivity index (χ4v) is 6.85. The van der Waals surface area contributed by atoms with Crippen molar-refractivity contribution in [1.82, 2.24) is 16.0 Å². The second kappa shape index (κ2) is 8.68. The zero-order valence-corrected chi connectivity index (χ0v) is 19.2. The molecule has 0 aromatic heterocycles. The van der Waals surface area contributed by atoms with E-state index in [0.29, 0.717) is 19.3 Å². The molecule has 178 valence electrons. The van der Waals surface area contributed by atoms with E-state index >= 15 is 0 Å². The van der Waals surface area contributed by atoms with Gasteiger partial charge in [-0.2, -0.15) is 0 Å². The highest BCUT2D eigenvalue weighted by Gasteiger charge is 2.61. The second-order valence-electron chi connectivity index (χ2n) is 9.62. The van der Waals surface area contributed by atoms with Crippen molar-refractivity contribution in [2.75, 3.05) is 6.54 Å². The van der Waals surface area contributed by atoms with Crippen LogP contribution in [-0.4, -0.2) is 52.2 Å². The number of carboxylic acid groups (broad SMARTS) is 2. The maximum absolute atomic E-state index is 12.7. The van der Waals surface area contributed by atoms with E-state index in [1.807, 2.05) is 0 Å². The third-order valence-electron chi connectivity index (χ3n) is 7.15. The molecule has 0 aliphatic heterocycles. The summed E-state index contributed by atoms with van der Waals surface area (Å²) in [4.78, 5) is 48.8. The molecule has 5 rings (SSSR count). The molecule has 2 unspecified atom stereocenters. The molecule has 5 N–H and O–H groups in total. The number of rotatable bonds is 7. The number of carboxylic acids is 2. The van der Waals surface area contributed by atoms with E-state index in [1.54, 1.807) is 6.07 Å². The molecule has 4 saturated carbocycles. The van der Waals surface area contributed by atoms with Crippen molar-refractivity contribution in [3.8, 4) is 0 Å². The summed E-state index contributed by atoms with van der Waals surface area (Å²) in [6, 6.07) is 2.46. The fourth-order valence-electron chi connectivity index (χ4n) is 6.28. The smallest absolute Gasteiger partial charge is 0.328 e. The van der Waals surface area contributed by atoms with E-state index < -0.39 is 40.9 Å². The molecule has 0 heterocycles. The lowest BCUT2D eigenvalue weighted by molar-refractivity contribution is -0.167. The monoisotopic (exact) mass is 497 g/mol. The molecule has 0 saturated heterocycles. The third-order valence-corrected chi connectivity index (χ3v) is 7.78. The Kier molecular flexibility index (Phi) is 6.22. The molecular weight excluding hydrogens is 473 g/mol. The summed E-state index contributed by atoms with van der Waals surface area (Å²) in [5.41, 5.74) is -1.47. The Balaban J connectivity index is 1.39. The molecule has 4 aliphatic carbocycles. The Morgan fingerprint density at radius 3 is 2.18 bits per heavy atom. The lowest BCUT2D eigenvalue weighted by Crippen LogP contribution is -2.66. The number of carbonyl (C=O) groups excluding carboxylic acids is 2. The van der Waals surface area contributed by atoms with Gasteiger partial charge in [-0.25, -0.2) is 9.59 Å². The van der Waals surface area contributed by atoms with Crippen molar-refractivity contribution >= 4 is 47.1 Å². The minimum absolute atomic E-state index is 0.0518. The normalized spacial score (nSPS) is 30.4. The van der Waals surface area contributed by atoms with Crippen LogP contribution < -0.4 is 16.0 Å². The minimum Gasteiger partial charge on any atom is -0.481 e. The molecule has 11 heteroatoms. The van der Waals surface area contributed by atoms with Crippen molar-refractivity contribution in [2.45, 2.75) is 50.1 Å². The van der Waals surface area contributed by atoms with Crippen LogP contribution in [0.1, 0.15) is 48.9 Å². The van der Waals surface area contributed by atoms with Gasteiger partial charge in [0.25, 0.3) is 5.91 Å². The van der Waals surface area contributed by atoms with Crippen molar-refractivity contribution in [3.63, 3.8) is 0 Å². The standard InChI is InChI=1S/C22H25Cl2N3O6/c23-13-2-1-3-14(24)16(13)17(28)26-15(18(29)30)9-25-20(33)27-22-7-11-4-12(8-22)6-21(5-11,10-22)19(31)32/h1-3,11-12,15H,4-10H2,(H,26,28)(H,29,30)(H,31,32)(H2,25,27,33)/t11?,12?,15-,21?,22?/m0/s1. The molecule has 4 aliphatic rings. The van der Waals surface area contributed by atoms with Gasteiger partial charge in [0.15, 0.2) is 0 Å². The van der Waals surface area contributed by atoms with Crippen LogP contribution in [0.5, 0.6) is 0 Å². The van der Waals surface area contributed by atoms with Crippen LogP contribution in [0.3, 0.4) is 0 Å². The van der Waals surface area contributed by atoms with E-state index in [0.717, 1.165) is 19.3 Å². The summed E-state index contributed by atoms with van der Waals surface area (Å²) >= 11 is 12.0. The lowest BCUT2D eigenvalue weighted by atomic mass is 9.47. The molecule has 33 heavy (non-hydrogen) atoms. The molecule has 3 amide bonds. The van der Waals surface area contributed by atoms with Crippen LogP contribution in [0.2, 0.25) is 10.0 Å². The van der Waals surface area contributed by atoms with Gasteiger partial charge in [0.05, 0.1) is 27.6 Å². The predicted octanol–water partition coefficient (Wildman–Crippen LogP) is 2.90. The molecule has 4 bridgehead atoms. The van der Waals surface area contributed by atoms with E-state index in [9.17, 15) is 29.4 Å². The van der Waals surface area contributed by atoms with Gasteiger partial charge in [-0.3, -0.25) is 9.59 Å². The highest BCUT2D eigenvalue weighted by atomic mass is 35.5. The Bertz CT molecular complexity index is 982. The number of amides is 3. The van der Waals surface area contributed by atoms with Gasteiger partial charge >= 0.3 is 18.0 Å². The topological polar surface area (TPSA) is 145 Å². The summed E-state index contributed by atoms with van der Waals surface area (Å²) in [5.74, 6) is -2.41. The molecule has 1 aromatic rings. The molecule has 0 spiro atoms. The van der Waals surface area contributed by atoms with E-state index in [1.165, 1.54) is 12.1 Å². The lowest BCUT2D eigenvalue weighted by Gasteiger charge is -2.60. The highest BCUT2D eigenvalue weighted by Crippen LogP contribution is 2.61. The molecular formula is C22H25Cl2N3O6. The Morgan fingerprint density at radius 1 is 1.03 bits per heavy atom. The first-order valence-electron chi connectivity index (χ1n) is 10.8. The first-order valence-corrected chi connectivity index (χ1v) is 11.6. The maximum Gasteiger partial charge on any atom is 0.328 e. The average molecular weight is 498 g/mol. The van der Waals surface area contributed by atoms with Crippen molar-refractivity contribution in [3.05, 3.63) is 33.8 Å². The highest BCUT2D eigenvalue weighted by molar-refractivity contribution is 6.39. The van der Waals surface area contributed by atoms with Crippen molar-refractivity contribution in [2.24, 2.45) is 17.3 Å². The van der Waals surface area contributed by atoms with Crippen LogP contribution >= 0.6 is 23.2 Å². The zero-order chi connectivity index (χ0) is 24.0. The predicted molar refractivity (Wildman–Crippen MR) is 119 cm³/mol. The van der Waals surface area contributed by atoms with Gasteiger partial charge in [0.2, 0.25) is 0 Å². The van der Waals surface area contributed by atoms with E-state index in [-0.39, 0.29) is 34.0 Å². The Morgan fingerprint density at radius 2 is 1.64 bits per heavy atom. The Hall–Kier alpha value is -2.52. The molecule has 0 radical (unpaired) electrons. The van der Waals surface area contributed by atoms with Gasteiger partial charge in [-0.1, -0.05) is 29.3 Å². The number of nitrogens with one attached hydrogen (secondary N) is 3. The average Bonchev–Trinajstić information content (AvgIpc) is 2.69. The van der Waals surface area contributed by atoms with Gasteiger partial charge in [-0.15, -0.1) is 0 Å². The van der Waals surface area contributed by atoms with E-state index in [2.05, 4.69) is 16.0 Å². The number of hydrogen-bond donors (Lipinski definition) is 5. The van der Waals surface area contributed by atoms with E-state index in [4.69, 9.17) is 23.2 Å². The SMILES string of the molecule is O=C(NC[C@H](NC(=O)c1c(Cl)cccc1Cl)C(=O)O)NC12CC3CC(C1)CC(C(=O)O)(C3)C2. The van der Waals surface area contributed by atoms with Gasteiger partial charge in [0.1, 0.15) is 6.04 Å². The minimum atomic E-state index is -1.42. The first kappa shape index (κ1) is 23.6. The molecule has 9 nitrogen and oxygen atoms in total. The van der Waals surface area contributed by atoms with Gasteiger partial charge in [0, 0.05) is 5.54 Å². The van der Waals surface area contributed by atoms with Crippen LogP contribution in [0.15, 0.2) is 18.2 Å². The van der Waals surface area contributed by atoms with Crippen LogP contribution in [0.4, 0.5) is 4.79 Å². The zero-order valence-electron chi connectivity index (χ0n) is 17.7. The summed E-state index contributed by atoms with van der Waals surface area (Å²) in [6.45, 7) is -0.373. The maximum atomic E-state index is 12.7. The summed E-state index contributed by atoms with van der Waals surface area (Å²) in [7, 11) is 0. The van der Waals surface area contributed by atoms with Crippen molar-refractivity contribution < 1.29 is 29.4 Å². The van der Waals surface area contributed by atoms with Gasteiger partial charge in [-0.05, 0) is 62.5 Å². The Labute approximate surface area is 200 Å². The second-order valence-corrected chi connectivity index (χ2v) is 10.4. The first-order chi connectivity index (χ1) is 15.5. The summed E-state index contributed by atoms with van der Waals surface area (Å²) in [5, 5.41) is 27.2. The summed E-state index contributed by atoms with van der Waals surface area (Å²) < 4.78 is 0. The van der Waals surface area contributed by atoms with Gasteiger partial charge < -0.3 is 26.2 Å². The quantitative estimate of drug-likeness (QED) is 0.391. The van der Waals surface area contributed by atoms with Crippen LogP contribution in [0.25, 0.3) is 0 Å². The largest absolute Gasteiger partial charge is 0.481 e. The number of carbonyl (C=O) groups is 4. The molecule has 3 atom stereocenters. The number of hydrogen-bond acceptors (Lipinski definition) is 4. The number of aliphatic carboxylic acids is 2. The number of halogens is 2. The van der Waals surface area contributed by atoms with Crippen LogP contribution in [-0.2, 0) is 9.59 Å². The fraction of sp³-hybridized carbons (Fsp3) is 0.545. The van der Waals surface area contributed by atoms with Crippen LogP contribution in [0, 0.1) is 17.3 Å². The summed E-state index contributed by atoms with van der Waals surface area (Å²) in [6.07, 6.45) is 4.08. The van der Waals surface area contributed by atoms with Crippen molar-refractivity contribution in [1.29, 1.82) is 0 Å². The third kappa shape index (κ3) is 4.61.